The second kappa shape index (κ2) is 7.34. The Hall–Kier alpha value is -3.35. The van der Waals surface area contributed by atoms with Crippen LogP contribution in [0.3, 0.4) is 0 Å². The Bertz CT molecular complexity index is 1020. The average Bonchev–Trinajstić information content (AvgIpc) is 3.18. The second-order valence-electron chi connectivity index (χ2n) is 6.53. The largest absolute Gasteiger partial charge is 0.495 e. The predicted molar refractivity (Wildman–Crippen MR) is 101 cm³/mol. The molecule has 28 heavy (non-hydrogen) atoms. The van der Waals surface area contributed by atoms with Crippen molar-refractivity contribution < 1.29 is 18.3 Å². The number of para-hydroxylation sites is 2. The summed E-state index contributed by atoms with van der Waals surface area (Å²) in [5, 5.41) is 2.86. The van der Waals surface area contributed by atoms with Crippen LogP contribution >= 0.6 is 0 Å². The van der Waals surface area contributed by atoms with Gasteiger partial charge in [-0.2, -0.15) is 0 Å². The van der Waals surface area contributed by atoms with Gasteiger partial charge in [0, 0.05) is 25.0 Å². The van der Waals surface area contributed by atoms with Gasteiger partial charge in [0.25, 0.3) is 0 Å². The van der Waals surface area contributed by atoms with E-state index in [0.717, 1.165) is 17.8 Å². The van der Waals surface area contributed by atoms with E-state index in [4.69, 9.17) is 4.74 Å². The quantitative estimate of drug-likeness (QED) is 0.728. The van der Waals surface area contributed by atoms with Crippen LogP contribution in [-0.2, 0) is 6.54 Å². The molecule has 0 radical (unpaired) electrons. The van der Waals surface area contributed by atoms with Crippen LogP contribution in [-0.4, -0.2) is 29.2 Å². The van der Waals surface area contributed by atoms with Crippen molar-refractivity contribution >= 4 is 11.7 Å². The van der Waals surface area contributed by atoms with Crippen molar-refractivity contribution in [3.8, 4) is 5.75 Å². The van der Waals surface area contributed by atoms with Gasteiger partial charge in [-0.3, -0.25) is 0 Å². The molecule has 0 unspecified atom stereocenters. The van der Waals surface area contributed by atoms with Gasteiger partial charge in [0.05, 0.1) is 18.8 Å². The highest BCUT2D eigenvalue weighted by molar-refractivity contribution is 5.91. The van der Waals surface area contributed by atoms with E-state index in [1.54, 1.807) is 23.1 Å². The number of methoxy groups -OCH3 is 1. The predicted octanol–water partition coefficient (Wildman–Crippen LogP) is 4.41. The van der Waals surface area contributed by atoms with Crippen LogP contribution in [0.1, 0.15) is 17.3 Å². The maximum absolute atomic E-state index is 13.9. The lowest BCUT2D eigenvalue weighted by molar-refractivity contribution is 0.181. The first-order chi connectivity index (χ1) is 13.6. The lowest BCUT2D eigenvalue weighted by atomic mass is 10.00. The summed E-state index contributed by atoms with van der Waals surface area (Å²) >= 11 is 0. The minimum atomic E-state index is -0.939. The van der Waals surface area contributed by atoms with Crippen molar-refractivity contribution in [2.75, 3.05) is 19.0 Å². The van der Waals surface area contributed by atoms with E-state index in [2.05, 4.69) is 5.32 Å². The van der Waals surface area contributed by atoms with Crippen LogP contribution in [0.15, 0.2) is 60.8 Å². The fourth-order valence-electron chi connectivity index (χ4n) is 3.57. The number of aromatic nitrogens is 1. The van der Waals surface area contributed by atoms with Crippen LogP contribution in [0.25, 0.3) is 0 Å². The Morgan fingerprint density at radius 1 is 1.07 bits per heavy atom. The normalized spacial score (nSPS) is 15.8. The number of amides is 2. The number of rotatable bonds is 3. The zero-order chi connectivity index (χ0) is 19.7. The molecule has 5 nitrogen and oxygen atoms in total. The van der Waals surface area contributed by atoms with Gasteiger partial charge in [0.15, 0.2) is 11.6 Å². The Morgan fingerprint density at radius 3 is 2.68 bits per heavy atom. The number of carbonyl (C=O) groups is 1. The molecule has 7 heteroatoms. The van der Waals surface area contributed by atoms with Crippen molar-refractivity contribution in [1.82, 2.24) is 9.47 Å². The molecule has 1 aromatic heterocycles. The maximum Gasteiger partial charge on any atom is 0.322 e. The number of hydrogen-bond donors (Lipinski definition) is 1. The van der Waals surface area contributed by atoms with Gasteiger partial charge in [0.2, 0.25) is 0 Å². The van der Waals surface area contributed by atoms with E-state index >= 15 is 0 Å². The number of anilines is 1. The smallest absolute Gasteiger partial charge is 0.322 e. The summed E-state index contributed by atoms with van der Waals surface area (Å²) in [6.07, 6.45) is 1.91. The summed E-state index contributed by atoms with van der Waals surface area (Å²) in [6.45, 7) is 1.04. The summed E-state index contributed by atoms with van der Waals surface area (Å²) in [7, 11) is 1.53. The lowest BCUT2D eigenvalue weighted by Gasteiger charge is -2.37. The van der Waals surface area contributed by atoms with Crippen molar-refractivity contribution in [3.63, 3.8) is 0 Å². The lowest BCUT2D eigenvalue weighted by Crippen LogP contribution is -2.44. The number of fused-ring (bicyclic) bond motifs is 1. The molecule has 0 bridgehead atoms. The first-order valence-corrected chi connectivity index (χ1v) is 8.89. The zero-order valence-electron chi connectivity index (χ0n) is 15.2. The topological polar surface area (TPSA) is 46.5 Å². The van der Waals surface area contributed by atoms with Gasteiger partial charge < -0.3 is 19.5 Å². The Morgan fingerprint density at radius 2 is 1.89 bits per heavy atom. The third-order valence-corrected chi connectivity index (χ3v) is 4.91. The minimum absolute atomic E-state index is 0.341. The van der Waals surface area contributed by atoms with E-state index in [0.29, 0.717) is 30.1 Å². The summed E-state index contributed by atoms with van der Waals surface area (Å²) in [4.78, 5) is 14.7. The number of halogens is 2. The van der Waals surface area contributed by atoms with Gasteiger partial charge in [-0.05, 0) is 42.0 Å². The summed E-state index contributed by atoms with van der Waals surface area (Å²) in [5.74, 6) is -1.31. The molecule has 144 valence electrons. The van der Waals surface area contributed by atoms with E-state index in [1.807, 2.05) is 29.0 Å². The van der Waals surface area contributed by atoms with Crippen LogP contribution in [0.2, 0.25) is 0 Å². The second-order valence-corrected chi connectivity index (χ2v) is 6.53. The van der Waals surface area contributed by atoms with E-state index in [9.17, 15) is 13.6 Å². The highest BCUT2D eigenvalue weighted by atomic mass is 19.2. The highest BCUT2D eigenvalue weighted by Gasteiger charge is 2.33. The van der Waals surface area contributed by atoms with E-state index in [1.165, 1.54) is 13.2 Å². The molecule has 0 aliphatic carbocycles. The van der Waals surface area contributed by atoms with Crippen LogP contribution in [0, 0.1) is 11.6 Å². The maximum atomic E-state index is 13.9. The molecule has 0 saturated carbocycles. The molecule has 2 aromatic carbocycles. The van der Waals surface area contributed by atoms with E-state index < -0.39 is 17.7 Å². The van der Waals surface area contributed by atoms with Crippen molar-refractivity contribution in [2.45, 2.75) is 12.6 Å². The molecule has 1 aliphatic rings. The van der Waals surface area contributed by atoms with Gasteiger partial charge in [-0.25, -0.2) is 13.6 Å². The molecule has 2 heterocycles. The molecular formula is C21H19F2N3O2. The fourth-order valence-corrected chi connectivity index (χ4v) is 3.57. The average molecular weight is 383 g/mol. The molecule has 3 aromatic rings. The molecule has 1 atom stereocenters. The van der Waals surface area contributed by atoms with Crippen LogP contribution < -0.4 is 10.1 Å². The number of benzene rings is 2. The summed E-state index contributed by atoms with van der Waals surface area (Å²) < 4.78 is 34.6. The van der Waals surface area contributed by atoms with Gasteiger partial charge in [-0.1, -0.05) is 18.2 Å². The minimum Gasteiger partial charge on any atom is -0.495 e. The van der Waals surface area contributed by atoms with Crippen molar-refractivity contribution in [1.29, 1.82) is 0 Å². The molecular weight excluding hydrogens is 364 g/mol. The third-order valence-electron chi connectivity index (χ3n) is 4.91. The van der Waals surface area contributed by atoms with Gasteiger partial charge >= 0.3 is 6.03 Å². The highest BCUT2D eigenvalue weighted by Crippen LogP contribution is 2.34. The molecule has 1 N–H and O–H groups in total. The summed E-state index contributed by atoms with van der Waals surface area (Å²) in [5.41, 5.74) is 1.89. The van der Waals surface area contributed by atoms with E-state index in [-0.39, 0.29) is 6.03 Å². The number of hydrogen-bond acceptors (Lipinski definition) is 2. The molecule has 0 fully saturated rings. The Balaban J connectivity index is 1.70. The number of nitrogens with zero attached hydrogens (tertiary/aromatic N) is 2. The van der Waals surface area contributed by atoms with Crippen molar-refractivity contribution in [3.05, 3.63) is 83.7 Å². The molecule has 4 rings (SSSR count). The first-order valence-electron chi connectivity index (χ1n) is 8.89. The summed E-state index contributed by atoms with van der Waals surface area (Å²) in [6, 6.07) is 13.7. The van der Waals surface area contributed by atoms with Gasteiger partial charge in [0.1, 0.15) is 5.75 Å². The number of nitrogens with one attached hydrogen (secondary N) is 1. The SMILES string of the molecule is COc1ccccc1NC(=O)N1CCn2cccc2[C@@H]1c1ccc(F)c(F)c1. The zero-order valence-corrected chi connectivity index (χ0v) is 15.2. The standard InChI is InChI=1S/C21H19F2N3O2/c1-28-19-7-3-2-5-17(19)24-21(27)26-12-11-25-10-4-6-18(25)20(26)14-8-9-15(22)16(23)13-14/h2-10,13,20H,11-12H2,1H3,(H,24,27)/t20-/m0/s1. The molecule has 0 saturated heterocycles. The fraction of sp³-hybridized carbons (Fsp3) is 0.190. The van der Waals surface area contributed by atoms with Gasteiger partial charge in [-0.15, -0.1) is 0 Å². The van der Waals surface area contributed by atoms with Crippen LogP contribution in [0.5, 0.6) is 5.75 Å². The van der Waals surface area contributed by atoms with Crippen LogP contribution in [0.4, 0.5) is 19.3 Å². The van der Waals surface area contributed by atoms with Crippen molar-refractivity contribution in [2.24, 2.45) is 0 Å². The monoisotopic (exact) mass is 383 g/mol. The first kappa shape index (κ1) is 18.0. The number of ether oxygens (including phenoxy) is 1. The number of carbonyl (C=O) groups excluding carboxylic acids is 1. The third kappa shape index (κ3) is 3.19. The Labute approximate surface area is 161 Å². The Kier molecular flexibility index (Phi) is 4.73. The molecule has 1 aliphatic heterocycles. The number of urea groups is 1. The molecule has 2 amide bonds. The molecule has 0 spiro atoms.